The number of hydrogen-bond acceptors (Lipinski definition) is 6. The van der Waals surface area contributed by atoms with E-state index >= 15 is 0 Å². The molecule has 0 saturated carbocycles. The Morgan fingerprint density at radius 1 is 1.33 bits per heavy atom. The van der Waals surface area contributed by atoms with Crippen LogP contribution in [0.2, 0.25) is 5.02 Å². The highest BCUT2D eigenvalue weighted by Gasteiger charge is 2.22. The number of phenols is 1. The van der Waals surface area contributed by atoms with Crippen LogP contribution in [-0.2, 0) is 0 Å². The van der Waals surface area contributed by atoms with Gasteiger partial charge < -0.3 is 15.3 Å². The maximum atomic E-state index is 14.5. The summed E-state index contributed by atoms with van der Waals surface area (Å²) in [5.74, 6) is -0.359. The molecule has 1 aliphatic heterocycles. The van der Waals surface area contributed by atoms with Gasteiger partial charge in [-0.2, -0.15) is 0 Å². The van der Waals surface area contributed by atoms with E-state index in [2.05, 4.69) is 32.4 Å². The molecule has 0 spiro atoms. The van der Waals surface area contributed by atoms with E-state index in [4.69, 9.17) is 11.6 Å². The first kappa shape index (κ1) is 17.9. The largest absolute Gasteiger partial charge is 0.507 e. The number of piperidine rings is 1. The number of halogens is 2. The van der Waals surface area contributed by atoms with Crippen molar-refractivity contribution < 1.29 is 9.50 Å². The molecule has 1 aliphatic rings. The molecule has 1 aromatic carbocycles. The van der Waals surface area contributed by atoms with Gasteiger partial charge in [0.1, 0.15) is 22.8 Å². The standard InChI is InChI=1S/C19H19ClFN5O/c1-26-7-3-4-12(10-26)23-19-13-5-2-6-22-17(13)18(24-25-19)16-14(21)8-11(20)9-15(16)27/h2,5-6,8-9,12,27H,3-4,7,10H2,1H3,(H,23,25)/t12-/m1/s1. The van der Waals surface area contributed by atoms with Gasteiger partial charge in [0.05, 0.1) is 5.56 Å². The minimum Gasteiger partial charge on any atom is -0.507 e. The summed E-state index contributed by atoms with van der Waals surface area (Å²) >= 11 is 5.81. The lowest BCUT2D eigenvalue weighted by Crippen LogP contribution is -2.40. The van der Waals surface area contributed by atoms with Crippen LogP contribution >= 0.6 is 11.6 Å². The van der Waals surface area contributed by atoms with Crippen molar-refractivity contribution in [1.29, 1.82) is 0 Å². The zero-order valence-corrected chi connectivity index (χ0v) is 15.5. The molecule has 0 unspecified atom stereocenters. The Morgan fingerprint density at radius 2 is 2.19 bits per heavy atom. The summed E-state index contributed by atoms with van der Waals surface area (Å²) in [4.78, 5) is 6.64. The van der Waals surface area contributed by atoms with E-state index in [-0.39, 0.29) is 28.1 Å². The first-order valence-corrected chi connectivity index (χ1v) is 9.15. The lowest BCUT2D eigenvalue weighted by molar-refractivity contribution is 0.261. The minimum absolute atomic E-state index is 0.0560. The van der Waals surface area contributed by atoms with Crippen LogP contribution < -0.4 is 5.32 Å². The predicted molar refractivity (Wildman–Crippen MR) is 104 cm³/mol. The zero-order chi connectivity index (χ0) is 19.0. The molecule has 3 aromatic rings. The van der Waals surface area contributed by atoms with Gasteiger partial charge in [-0.15, -0.1) is 10.2 Å². The fourth-order valence-corrected chi connectivity index (χ4v) is 3.73. The number of phenolic OH excluding ortho intramolecular Hbond substituents is 1. The van der Waals surface area contributed by atoms with Crippen LogP contribution in [0.25, 0.3) is 22.2 Å². The number of hydrogen-bond donors (Lipinski definition) is 2. The average Bonchev–Trinajstić information content (AvgIpc) is 2.62. The molecular weight excluding hydrogens is 369 g/mol. The monoisotopic (exact) mass is 387 g/mol. The number of anilines is 1. The second-order valence-electron chi connectivity index (χ2n) is 6.82. The van der Waals surface area contributed by atoms with Crippen molar-refractivity contribution >= 4 is 28.3 Å². The van der Waals surface area contributed by atoms with E-state index in [1.54, 1.807) is 12.3 Å². The topological polar surface area (TPSA) is 74.2 Å². The van der Waals surface area contributed by atoms with Gasteiger partial charge in [-0.3, -0.25) is 4.98 Å². The molecule has 4 rings (SSSR count). The van der Waals surface area contributed by atoms with Crippen LogP contribution in [0.15, 0.2) is 30.5 Å². The van der Waals surface area contributed by atoms with Crippen LogP contribution in [0.1, 0.15) is 12.8 Å². The quantitative estimate of drug-likeness (QED) is 0.713. The number of benzene rings is 1. The Labute approximate surface area is 161 Å². The number of pyridine rings is 1. The van der Waals surface area contributed by atoms with Crippen LogP contribution in [-0.4, -0.2) is 51.4 Å². The number of aromatic nitrogens is 3. The fourth-order valence-electron chi connectivity index (χ4n) is 3.53. The molecule has 6 nitrogen and oxygen atoms in total. The number of rotatable bonds is 3. The van der Waals surface area contributed by atoms with E-state index in [0.717, 1.165) is 37.4 Å². The van der Waals surface area contributed by atoms with Gasteiger partial charge in [0.2, 0.25) is 0 Å². The molecule has 2 N–H and O–H groups in total. The molecule has 2 aromatic heterocycles. The third-order valence-corrected chi connectivity index (χ3v) is 4.99. The molecule has 1 fully saturated rings. The number of likely N-dealkylation sites (tertiary alicyclic amines) is 1. The zero-order valence-electron chi connectivity index (χ0n) is 14.8. The maximum absolute atomic E-state index is 14.5. The normalized spacial score (nSPS) is 18.0. The van der Waals surface area contributed by atoms with Crippen molar-refractivity contribution in [2.75, 3.05) is 25.5 Å². The Hall–Kier alpha value is -2.51. The van der Waals surface area contributed by atoms with Gasteiger partial charge in [-0.25, -0.2) is 4.39 Å². The second kappa shape index (κ2) is 7.25. The number of nitrogens with zero attached hydrogens (tertiary/aromatic N) is 4. The van der Waals surface area contributed by atoms with Crippen molar-refractivity contribution in [3.8, 4) is 17.0 Å². The number of fused-ring (bicyclic) bond motifs is 1. The first-order chi connectivity index (χ1) is 13.0. The van der Waals surface area contributed by atoms with Gasteiger partial charge in [-0.1, -0.05) is 11.6 Å². The smallest absolute Gasteiger partial charge is 0.158 e. The highest BCUT2D eigenvalue weighted by atomic mass is 35.5. The number of nitrogens with one attached hydrogen (secondary N) is 1. The van der Waals surface area contributed by atoms with Crippen LogP contribution in [0, 0.1) is 5.82 Å². The molecular formula is C19H19ClFN5O. The highest BCUT2D eigenvalue weighted by molar-refractivity contribution is 6.30. The molecule has 1 saturated heterocycles. The summed E-state index contributed by atoms with van der Waals surface area (Å²) in [7, 11) is 2.09. The van der Waals surface area contributed by atoms with Gasteiger partial charge in [-0.05, 0) is 50.7 Å². The van der Waals surface area contributed by atoms with Crippen molar-refractivity contribution in [2.45, 2.75) is 18.9 Å². The minimum atomic E-state index is -0.670. The van der Waals surface area contributed by atoms with E-state index in [0.29, 0.717) is 11.3 Å². The van der Waals surface area contributed by atoms with Gasteiger partial charge in [0, 0.05) is 29.2 Å². The number of likely N-dealkylation sites (N-methyl/N-ethyl adjacent to an activating group) is 1. The van der Waals surface area contributed by atoms with E-state index in [1.807, 2.05) is 6.07 Å². The van der Waals surface area contributed by atoms with E-state index in [1.165, 1.54) is 6.07 Å². The van der Waals surface area contributed by atoms with Gasteiger partial charge >= 0.3 is 0 Å². The second-order valence-corrected chi connectivity index (χ2v) is 7.26. The Morgan fingerprint density at radius 3 is 2.96 bits per heavy atom. The van der Waals surface area contributed by atoms with Crippen LogP contribution in [0.4, 0.5) is 10.2 Å². The van der Waals surface area contributed by atoms with Crippen molar-refractivity contribution in [3.63, 3.8) is 0 Å². The molecule has 0 radical (unpaired) electrons. The summed E-state index contributed by atoms with van der Waals surface area (Å²) in [5, 5.41) is 22.9. The molecule has 8 heteroatoms. The summed E-state index contributed by atoms with van der Waals surface area (Å²) < 4.78 is 14.5. The lowest BCUT2D eigenvalue weighted by Gasteiger charge is -2.30. The molecule has 0 amide bonds. The Balaban J connectivity index is 1.79. The van der Waals surface area contributed by atoms with Crippen molar-refractivity contribution in [2.24, 2.45) is 0 Å². The molecule has 27 heavy (non-hydrogen) atoms. The molecule has 140 valence electrons. The number of aromatic hydroxyl groups is 1. The molecule has 0 bridgehead atoms. The summed E-state index contributed by atoms with van der Waals surface area (Å²) in [5.41, 5.74) is 0.596. The van der Waals surface area contributed by atoms with E-state index in [9.17, 15) is 9.50 Å². The summed E-state index contributed by atoms with van der Waals surface area (Å²) in [6.07, 6.45) is 3.76. The van der Waals surface area contributed by atoms with Crippen molar-refractivity contribution in [1.82, 2.24) is 20.1 Å². The molecule has 1 atom stereocenters. The van der Waals surface area contributed by atoms with Gasteiger partial charge in [0.15, 0.2) is 5.82 Å². The summed E-state index contributed by atoms with van der Waals surface area (Å²) in [6, 6.07) is 6.33. The summed E-state index contributed by atoms with van der Waals surface area (Å²) in [6.45, 7) is 2.00. The van der Waals surface area contributed by atoms with Crippen LogP contribution in [0.3, 0.4) is 0 Å². The van der Waals surface area contributed by atoms with E-state index < -0.39 is 5.82 Å². The molecule has 3 heterocycles. The van der Waals surface area contributed by atoms with Crippen LogP contribution in [0.5, 0.6) is 5.75 Å². The molecule has 0 aliphatic carbocycles. The van der Waals surface area contributed by atoms with Crippen molar-refractivity contribution in [3.05, 3.63) is 41.3 Å². The Bertz CT molecular complexity index is 976. The predicted octanol–water partition coefficient (Wildman–Crippen LogP) is 3.70. The third-order valence-electron chi connectivity index (χ3n) is 4.77. The fraction of sp³-hybridized carbons (Fsp3) is 0.316. The average molecular weight is 388 g/mol. The third kappa shape index (κ3) is 3.52. The lowest BCUT2D eigenvalue weighted by atomic mass is 10.0. The first-order valence-electron chi connectivity index (χ1n) is 8.78. The Kier molecular flexibility index (Phi) is 4.80. The SMILES string of the molecule is CN1CCC[C@@H](Nc2nnc(-c3c(O)cc(Cl)cc3F)c3ncccc23)C1. The highest BCUT2D eigenvalue weighted by Crippen LogP contribution is 2.37. The maximum Gasteiger partial charge on any atom is 0.158 e. The van der Waals surface area contributed by atoms with Gasteiger partial charge in [0.25, 0.3) is 0 Å².